The zero-order chi connectivity index (χ0) is 26.3. The highest BCUT2D eigenvalue weighted by molar-refractivity contribution is 6.62. The van der Waals surface area contributed by atoms with Crippen molar-refractivity contribution in [3.63, 3.8) is 0 Å². The Bertz CT molecular complexity index is 1190. The van der Waals surface area contributed by atoms with E-state index in [1.54, 1.807) is 6.07 Å². The predicted molar refractivity (Wildman–Crippen MR) is 135 cm³/mol. The first-order chi connectivity index (χ1) is 16.8. The van der Waals surface area contributed by atoms with Crippen molar-refractivity contribution < 1.29 is 27.0 Å². The highest BCUT2D eigenvalue weighted by Gasteiger charge is 2.51. The second-order valence-corrected chi connectivity index (χ2v) is 10.5. The Hall–Kier alpha value is -2.78. The Labute approximate surface area is 210 Å². The first kappa shape index (κ1) is 26.3. The topological polar surface area (TPSA) is 56.5 Å². The molecule has 0 spiro atoms. The average Bonchev–Trinajstić information content (AvgIpc) is 3.27. The summed E-state index contributed by atoms with van der Waals surface area (Å²) in [6.07, 6.45) is -3.18. The molecule has 0 aliphatic carbocycles. The van der Waals surface area contributed by atoms with Crippen LogP contribution in [0.5, 0.6) is 0 Å². The van der Waals surface area contributed by atoms with Crippen LogP contribution >= 0.6 is 0 Å². The third-order valence-electron chi connectivity index (χ3n) is 7.07. The second-order valence-electron chi connectivity index (χ2n) is 10.5. The van der Waals surface area contributed by atoms with E-state index in [1.165, 1.54) is 12.1 Å². The molecular formula is C27H32BF3N2O3. The molecule has 1 aliphatic rings. The van der Waals surface area contributed by atoms with Crippen LogP contribution in [0.15, 0.2) is 53.1 Å². The van der Waals surface area contributed by atoms with E-state index in [-0.39, 0.29) is 6.04 Å². The summed E-state index contributed by atoms with van der Waals surface area (Å²) < 4.78 is 56.9. The number of hydrogen-bond acceptors (Lipinski definition) is 5. The molecule has 36 heavy (non-hydrogen) atoms. The number of alkyl halides is 3. The van der Waals surface area contributed by atoms with E-state index < -0.39 is 30.1 Å². The normalized spacial score (nSPS) is 17.9. The maximum Gasteiger partial charge on any atom is 0.494 e. The fourth-order valence-electron chi connectivity index (χ4n) is 4.11. The molecule has 2 aromatic carbocycles. The molecule has 0 radical (unpaired) electrons. The van der Waals surface area contributed by atoms with Crippen molar-refractivity contribution >= 4 is 18.3 Å². The molecule has 0 saturated carbocycles. The van der Waals surface area contributed by atoms with E-state index in [0.717, 1.165) is 22.8 Å². The van der Waals surface area contributed by atoms with Gasteiger partial charge in [0.1, 0.15) is 11.4 Å². The molecule has 9 heteroatoms. The van der Waals surface area contributed by atoms with Crippen LogP contribution in [0.1, 0.15) is 57.9 Å². The van der Waals surface area contributed by atoms with Crippen LogP contribution in [0, 0.1) is 6.92 Å². The largest absolute Gasteiger partial charge is 0.494 e. The molecule has 1 N–H and O–H groups in total. The Kier molecular flexibility index (Phi) is 7.01. The van der Waals surface area contributed by atoms with E-state index in [2.05, 4.69) is 10.5 Å². The van der Waals surface area contributed by atoms with Crippen molar-refractivity contribution in [1.29, 1.82) is 0 Å². The van der Waals surface area contributed by atoms with E-state index in [9.17, 15) is 13.2 Å². The molecule has 1 fully saturated rings. The van der Waals surface area contributed by atoms with Gasteiger partial charge in [-0.15, -0.1) is 0 Å². The van der Waals surface area contributed by atoms with E-state index in [0.29, 0.717) is 29.9 Å². The number of halogens is 3. The van der Waals surface area contributed by atoms with Crippen LogP contribution in [0.25, 0.3) is 11.3 Å². The average molecular weight is 500 g/mol. The van der Waals surface area contributed by atoms with Crippen molar-refractivity contribution in [1.82, 2.24) is 5.16 Å². The summed E-state index contributed by atoms with van der Waals surface area (Å²) in [6.45, 7) is 11.9. The highest BCUT2D eigenvalue weighted by Crippen LogP contribution is 2.37. The van der Waals surface area contributed by atoms with E-state index in [1.807, 2.05) is 65.8 Å². The predicted octanol–water partition coefficient (Wildman–Crippen LogP) is 6.40. The van der Waals surface area contributed by atoms with Gasteiger partial charge >= 0.3 is 13.3 Å². The zero-order valence-electron chi connectivity index (χ0n) is 21.5. The Morgan fingerprint density at radius 3 is 2.25 bits per heavy atom. The van der Waals surface area contributed by atoms with Crippen LogP contribution in [-0.2, 0) is 21.9 Å². The number of benzene rings is 2. The molecule has 1 aromatic heterocycles. The lowest BCUT2D eigenvalue weighted by Gasteiger charge is -2.32. The van der Waals surface area contributed by atoms with Gasteiger partial charge in [-0.05, 0) is 71.5 Å². The SMILES string of the molecule is Cc1noc(-c2ccc(B3OC(C)(C)C(C)(C)O3)cc2)c1NC(C)CCc1cccc(C(F)(F)F)c1. The number of nitrogens with zero attached hydrogens (tertiary/aromatic N) is 1. The lowest BCUT2D eigenvalue weighted by Crippen LogP contribution is -2.41. The minimum absolute atomic E-state index is 0.0135. The van der Waals surface area contributed by atoms with Gasteiger partial charge in [0.15, 0.2) is 5.76 Å². The van der Waals surface area contributed by atoms with Crippen LogP contribution < -0.4 is 10.8 Å². The van der Waals surface area contributed by atoms with Crippen molar-refractivity contribution in [2.45, 2.75) is 77.8 Å². The third-order valence-corrected chi connectivity index (χ3v) is 7.07. The van der Waals surface area contributed by atoms with Gasteiger partial charge in [0.25, 0.3) is 0 Å². The van der Waals surface area contributed by atoms with E-state index in [4.69, 9.17) is 13.8 Å². The third kappa shape index (κ3) is 5.47. The summed E-state index contributed by atoms with van der Waals surface area (Å²) in [7, 11) is -0.450. The van der Waals surface area contributed by atoms with Crippen molar-refractivity contribution in [2.24, 2.45) is 0 Å². The molecule has 4 rings (SSSR count). The molecule has 192 valence electrons. The van der Waals surface area contributed by atoms with Crippen molar-refractivity contribution in [3.05, 3.63) is 65.4 Å². The number of hydrogen-bond donors (Lipinski definition) is 1. The first-order valence-corrected chi connectivity index (χ1v) is 12.1. The fraction of sp³-hybridized carbons (Fsp3) is 0.444. The molecule has 1 saturated heterocycles. The van der Waals surface area contributed by atoms with Gasteiger partial charge in [0.05, 0.1) is 16.8 Å². The molecule has 5 nitrogen and oxygen atoms in total. The van der Waals surface area contributed by atoms with Crippen LogP contribution in [0.4, 0.5) is 18.9 Å². The molecule has 2 heterocycles. The monoisotopic (exact) mass is 500 g/mol. The fourth-order valence-corrected chi connectivity index (χ4v) is 4.11. The summed E-state index contributed by atoms with van der Waals surface area (Å²) in [5.41, 5.74) is 2.45. The highest BCUT2D eigenvalue weighted by atomic mass is 19.4. The molecular weight excluding hydrogens is 468 g/mol. The number of anilines is 1. The number of rotatable bonds is 7. The molecule has 3 aromatic rings. The molecule has 1 unspecified atom stereocenters. The maximum absolute atomic E-state index is 13.0. The van der Waals surface area contributed by atoms with Crippen LogP contribution in [0.3, 0.4) is 0 Å². The Balaban J connectivity index is 1.43. The summed E-state index contributed by atoms with van der Waals surface area (Å²) in [5.74, 6) is 0.610. The van der Waals surface area contributed by atoms with Crippen LogP contribution in [0.2, 0.25) is 0 Å². The van der Waals surface area contributed by atoms with Gasteiger partial charge < -0.3 is 19.1 Å². The van der Waals surface area contributed by atoms with Crippen molar-refractivity contribution in [2.75, 3.05) is 5.32 Å². The summed E-state index contributed by atoms with van der Waals surface area (Å²) in [6, 6.07) is 13.3. The summed E-state index contributed by atoms with van der Waals surface area (Å²) in [5, 5.41) is 7.56. The van der Waals surface area contributed by atoms with E-state index >= 15 is 0 Å². The first-order valence-electron chi connectivity index (χ1n) is 12.1. The number of nitrogens with one attached hydrogen (secondary N) is 1. The van der Waals surface area contributed by atoms with Gasteiger partial charge in [0, 0.05) is 11.6 Å². The lowest BCUT2D eigenvalue weighted by atomic mass is 9.79. The standard InChI is InChI=1S/C27H32BF3N2O3/c1-17(10-11-19-8-7-9-21(16-19)27(29,30)31)32-23-18(2)33-34-24(23)20-12-14-22(15-13-20)28-35-25(3,4)26(5,6)36-28/h7-9,12-17,32H,10-11H2,1-6H3. The second kappa shape index (κ2) is 9.59. The quantitative estimate of drug-likeness (QED) is 0.381. The van der Waals surface area contributed by atoms with Crippen LogP contribution in [-0.4, -0.2) is 29.5 Å². The minimum Gasteiger partial charge on any atom is -0.399 e. The Morgan fingerprint density at radius 2 is 1.64 bits per heavy atom. The maximum atomic E-state index is 13.0. The minimum atomic E-state index is -4.34. The van der Waals surface area contributed by atoms with Gasteiger partial charge in [0.2, 0.25) is 0 Å². The molecule has 1 aliphatic heterocycles. The molecule has 0 amide bonds. The van der Waals surface area contributed by atoms with Crippen molar-refractivity contribution in [3.8, 4) is 11.3 Å². The lowest BCUT2D eigenvalue weighted by molar-refractivity contribution is -0.137. The molecule has 0 bridgehead atoms. The van der Waals surface area contributed by atoms with Gasteiger partial charge in [-0.3, -0.25) is 0 Å². The van der Waals surface area contributed by atoms with Gasteiger partial charge in [-0.2, -0.15) is 13.2 Å². The van der Waals surface area contributed by atoms with Gasteiger partial charge in [-0.1, -0.05) is 47.6 Å². The summed E-state index contributed by atoms with van der Waals surface area (Å²) >= 11 is 0. The summed E-state index contributed by atoms with van der Waals surface area (Å²) in [4.78, 5) is 0. The molecule has 1 atom stereocenters. The Morgan fingerprint density at radius 1 is 1.00 bits per heavy atom. The smallest absolute Gasteiger partial charge is 0.399 e. The zero-order valence-corrected chi connectivity index (χ0v) is 21.5. The van der Waals surface area contributed by atoms with Gasteiger partial charge in [-0.25, -0.2) is 0 Å². The number of aryl methyl sites for hydroxylation is 2. The number of aromatic nitrogens is 1.